The zero-order valence-corrected chi connectivity index (χ0v) is 16.4. The number of halogens is 3. The molecule has 0 saturated carbocycles. The molecule has 0 saturated heterocycles. The average Bonchev–Trinajstić information content (AvgIpc) is 3.07. The second-order valence-corrected chi connectivity index (χ2v) is 6.45. The SMILES string of the molecule is CNc1cccc2c1cc(C#CCNc1ccc(C=O)cc1OC)n2CC(F)(F)F. The minimum Gasteiger partial charge on any atom is -0.495 e. The topological polar surface area (TPSA) is 55.3 Å². The number of carbonyl (C=O) groups is 1. The highest BCUT2D eigenvalue weighted by Crippen LogP contribution is 2.30. The van der Waals surface area contributed by atoms with Gasteiger partial charge in [-0.25, -0.2) is 0 Å². The van der Waals surface area contributed by atoms with Crippen molar-refractivity contribution in [2.75, 3.05) is 31.3 Å². The van der Waals surface area contributed by atoms with E-state index in [2.05, 4.69) is 22.5 Å². The van der Waals surface area contributed by atoms with Gasteiger partial charge in [-0.3, -0.25) is 4.79 Å². The van der Waals surface area contributed by atoms with Gasteiger partial charge in [0.25, 0.3) is 0 Å². The number of methoxy groups -OCH3 is 1. The minimum atomic E-state index is -4.37. The molecule has 0 radical (unpaired) electrons. The van der Waals surface area contributed by atoms with Crippen molar-refractivity contribution < 1.29 is 22.7 Å². The Kier molecular flexibility index (Phi) is 6.21. The Hall–Kier alpha value is -3.60. The molecular formula is C22H20F3N3O2. The molecule has 2 aromatic carbocycles. The summed E-state index contributed by atoms with van der Waals surface area (Å²) in [5, 5.41) is 6.72. The van der Waals surface area contributed by atoms with Crippen LogP contribution in [0.4, 0.5) is 24.5 Å². The Balaban J connectivity index is 1.88. The van der Waals surface area contributed by atoms with Crippen LogP contribution < -0.4 is 15.4 Å². The first-order valence-electron chi connectivity index (χ1n) is 9.09. The Labute approximate surface area is 171 Å². The summed E-state index contributed by atoms with van der Waals surface area (Å²) in [5.41, 5.74) is 2.57. The van der Waals surface area contributed by atoms with E-state index in [9.17, 15) is 18.0 Å². The maximum absolute atomic E-state index is 13.1. The quantitative estimate of drug-likeness (QED) is 0.459. The molecule has 30 heavy (non-hydrogen) atoms. The fraction of sp³-hybridized carbons (Fsp3) is 0.227. The van der Waals surface area contributed by atoms with Crippen molar-refractivity contribution in [1.29, 1.82) is 0 Å². The van der Waals surface area contributed by atoms with E-state index < -0.39 is 12.7 Å². The molecule has 3 rings (SSSR count). The van der Waals surface area contributed by atoms with E-state index in [1.165, 1.54) is 11.7 Å². The number of fused-ring (bicyclic) bond motifs is 1. The molecule has 0 amide bonds. The van der Waals surface area contributed by atoms with Crippen LogP contribution in [0.5, 0.6) is 5.75 Å². The zero-order valence-electron chi connectivity index (χ0n) is 16.4. The highest BCUT2D eigenvalue weighted by atomic mass is 19.4. The monoisotopic (exact) mass is 415 g/mol. The van der Waals surface area contributed by atoms with E-state index in [0.29, 0.717) is 34.2 Å². The van der Waals surface area contributed by atoms with Crippen LogP contribution in [0, 0.1) is 11.8 Å². The summed E-state index contributed by atoms with van der Waals surface area (Å²) in [6.07, 6.45) is -3.66. The number of anilines is 2. The highest BCUT2D eigenvalue weighted by molar-refractivity contribution is 5.94. The number of nitrogens with zero attached hydrogens (tertiary/aromatic N) is 1. The van der Waals surface area contributed by atoms with Crippen LogP contribution in [0.2, 0.25) is 0 Å². The van der Waals surface area contributed by atoms with Gasteiger partial charge in [-0.05, 0) is 42.3 Å². The van der Waals surface area contributed by atoms with Gasteiger partial charge in [0.1, 0.15) is 18.6 Å². The van der Waals surface area contributed by atoms with Gasteiger partial charge in [0.05, 0.1) is 30.6 Å². The summed E-state index contributed by atoms with van der Waals surface area (Å²) >= 11 is 0. The fourth-order valence-corrected chi connectivity index (χ4v) is 3.16. The van der Waals surface area contributed by atoms with Crippen LogP contribution in [-0.4, -0.2) is 37.7 Å². The molecule has 1 heterocycles. The second kappa shape index (κ2) is 8.82. The molecule has 0 atom stereocenters. The number of nitrogens with one attached hydrogen (secondary N) is 2. The number of hydrogen-bond donors (Lipinski definition) is 2. The summed E-state index contributed by atoms with van der Waals surface area (Å²) in [4.78, 5) is 10.9. The number of aromatic nitrogens is 1. The van der Waals surface area contributed by atoms with Crippen LogP contribution in [0.3, 0.4) is 0 Å². The lowest BCUT2D eigenvalue weighted by Crippen LogP contribution is -2.18. The van der Waals surface area contributed by atoms with E-state index in [0.717, 1.165) is 5.69 Å². The van der Waals surface area contributed by atoms with Crippen LogP contribution in [0.25, 0.3) is 10.9 Å². The molecule has 156 valence electrons. The van der Waals surface area contributed by atoms with Crippen molar-refractivity contribution in [2.24, 2.45) is 0 Å². The smallest absolute Gasteiger partial charge is 0.406 e. The van der Waals surface area contributed by atoms with Crippen LogP contribution in [0.1, 0.15) is 16.1 Å². The first-order valence-corrected chi connectivity index (χ1v) is 9.09. The molecule has 0 spiro atoms. The van der Waals surface area contributed by atoms with Crippen molar-refractivity contribution in [3.8, 4) is 17.6 Å². The van der Waals surface area contributed by atoms with E-state index in [-0.39, 0.29) is 12.2 Å². The number of aldehydes is 1. The summed E-state index contributed by atoms with van der Waals surface area (Å²) in [6, 6.07) is 11.7. The molecular weight excluding hydrogens is 395 g/mol. The van der Waals surface area contributed by atoms with Crippen molar-refractivity contribution in [2.45, 2.75) is 12.7 Å². The summed E-state index contributed by atoms with van der Waals surface area (Å²) in [6.45, 7) is -0.939. The molecule has 0 aliphatic carbocycles. The van der Waals surface area contributed by atoms with Crippen LogP contribution >= 0.6 is 0 Å². The lowest BCUT2D eigenvalue weighted by molar-refractivity contribution is -0.140. The molecule has 0 aliphatic rings. The molecule has 1 aromatic heterocycles. The van der Waals surface area contributed by atoms with Crippen molar-refractivity contribution in [3.05, 3.63) is 53.7 Å². The predicted octanol–water partition coefficient (Wildman–Crippen LogP) is 4.53. The van der Waals surface area contributed by atoms with Crippen molar-refractivity contribution >= 4 is 28.6 Å². The molecule has 2 N–H and O–H groups in total. The molecule has 5 nitrogen and oxygen atoms in total. The van der Waals surface area contributed by atoms with Gasteiger partial charge in [0, 0.05) is 23.7 Å². The lowest BCUT2D eigenvalue weighted by Gasteiger charge is -2.11. The first-order chi connectivity index (χ1) is 14.4. The van der Waals surface area contributed by atoms with Crippen molar-refractivity contribution in [3.63, 3.8) is 0 Å². The Bertz CT molecular complexity index is 1120. The molecule has 0 bridgehead atoms. The van der Waals surface area contributed by atoms with Gasteiger partial charge in [0.15, 0.2) is 0 Å². The van der Waals surface area contributed by atoms with Crippen LogP contribution in [0.15, 0.2) is 42.5 Å². The second-order valence-electron chi connectivity index (χ2n) is 6.45. The molecule has 0 aliphatic heterocycles. The maximum atomic E-state index is 13.1. The highest BCUT2D eigenvalue weighted by Gasteiger charge is 2.29. The normalized spacial score (nSPS) is 11.0. The van der Waals surface area contributed by atoms with Crippen LogP contribution in [-0.2, 0) is 6.54 Å². The standard InChI is InChI=1S/C22H20F3N3O2/c1-26-18-6-3-7-20-17(18)12-16(28(20)14-22(23,24)25)5-4-10-27-19-9-8-15(13-29)11-21(19)30-2/h3,6-9,11-13,26-27H,10,14H2,1-2H3. The van der Waals surface area contributed by atoms with Gasteiger partial charge < -0.3 is 19.9 Å². The third-order valence-corrected chi connectivity index (χ3v) is 4.50. The number of benzene rings is 2. The van der Waals surface area contributed by atoms with E-state index >= 15 is 0 Å². The van der Waals surface area contributed by atoms with Gasteiger partial charge in [-0.15, -0.1) is 0 Å². The zero-order chi connectivity index (χ0) is 21.7. The van der Waals surface area contributed by atoms with Gasteiger partial charge in [-0.2, -0.15) is 13.2 Å². The lowest BCUT2D eigenvalue weighted by atomic mass is 10.2. The van der Waals surface area contributed by atoms with Gasteiger partial charge in [0.2, 0.25) is 0 Å². The first kappa shape index (κ1) is 21.1. The van der Waals surface area contributed by atoms with Crippen molar-refractivity contribution in [1.82, 2.24) is 4.57 Å². The fourth-order valence-electron chi connectivity index (χ4n) is 3.16. The number of carbonyl (C=O) groups excluding carboxylic acids is 1. The third-order valence-electron chi connectivity index (χ3n) is 4.50. The molecule has 0 fully saturated rings. The summed E-state index contributed by atoms with van der Waals surface area (Å²) in [5.74, 6) is 6.17. The Morgan fingerprint density at radius 3 is 2.63 bits per heavy atom. The van der Waals surface area contributed by atoms with E-state index in [1.54, 1.807) is 49.5 Å². The number of hydrogen-bond acceptors (Lipinski definition) is 4. The number of rotatable bonds is 6. The minimum absolute atomic E-state index is 0.184. The summed E-state index contributed by atoms with van der Waals surface area (Å²) in [7, 11) is 3.20. The number of ether oxygens (including phenoxy) is 1. The predicted molar refractivity (Wildman–Crippen MR) is 111 cm³/mol. The number of alkyl halides is 3. The third kappa shape index (κ3) is 4.69. The molecule has 3 aromatic rings. The van der Waals surface area contributed by atoms with Gasteiger partial charge >= 0.3 is 6.18 Å². The average molecular weight is 415 g/mol. The Morgan fingerprint density at radius 1 is 1.17 bits per heavy atom. The van der Waals surface area contributed by atoms with E-state index in [1.807, 2.05) is 0 Å². The maximum Gasteiger partial charge on any atom is 0.406 e. The van der Waals surface area contributed by atoms with Gasteiger partial charge in [-0.1, -0.05) is 12.0 Å². The summed E-state index contributed by atoms with van der Waals surface area (Å²) < 4.78 is 45.8. The largest absolute Gasteiger partial charge is 0.495 e. The molecule has 0 unspecified atom stereocenters. The Morgan fingerprint density at radius 2 is 1.97 bits per heavy atom. The van der Waals surface area contributed by atoms with E-state index in [4.69, 9.17) is 4.74 Å². The molecule has 8 heteroatoms.